The molecule has 0 unspecified atom stereocenters. The van der Waals surface area contributed by atoms with E-state index in [1.807, 2.05) is 0 Å². The van der Waals surface area contributed by atoms with Gasteiger partial charge in [0.25, 0.3) is 0 Å². The summed E-state index contributed by atoms with van der Waals surface area (Å²) in [6, 6.07) is 0. The zero-order valence-electron chi connectivity index (χ0n) is 45.3. The molecule has 6 heteroatoms. The zero-order valence-corrected chi connectivity index (χ0v) is 45.3. The van der Waals surface area contributed by atoms with Crippen molar-refractivity contribution in [3.63, 3.8) is 0 Å². The fourth-order valence-corrected chi connectivity index (χ4v) is 7.92. The highest BCUT2D eigenvalue weighted by Crippen LogP contribution is 2.15. The highest BCUT2D eigenvalue weighted by Gasteiger charge is 2.19. The van der Waals surface area contributed by atoms with Crippen LogP contribution >= 0.6 is 0 Å². The van der Waals surface area contributed by atoms with Gasteiger partial charge in [-0.2, -0.15) is 0 Å². The van der Waals surface area contributed by atoms with Crippen LogP contribution in [-0.2, 0) is 28.6 Å². The van der Waals surface area contributed by atoms with Gasteiger partial charge in [-0.15, -0.1) is 0 Å². The smallest absolute Gasteiger partial charge is 0.306 e. The van der Waals surface area contributed by atoms with Gasteiger partial charge in [0.1, 0.15) is 13.2 Å². The van der Waals surface area contributed by atoms with Crippen molar-refractivity contribution < 1.29 is 28.6 Å². The summed E-state index contributed by atoms with van der Waals surface area (Å²) in [4.78, 5) is 38.2. The first-order valence-electron chi connectivity index (χ1n) is 29.1. The lowest BCUT2D eigenvalue weighted by atomic mass is 10.1. The Balaban J connectivity index is 4.44. The molecule has 6 nitrogen and oxygen atoms in total. The van der Waals surface area contributed by atoms with Gasteiger partial charge in [-0.1, -0.05) is 221 Å². The number of hydrogen-bond donors (Lipinski definition) is 0. The number of ether oxygens (including phenoxy) is 3. The highest BCUT2D eigenvalue weighted by atomic mass is 16.6. The van der Waals surface area contributed by atoms with Crippen molar-refractivity contribution in [1.82, 2.24) is 0 Å². The van der Waals surface area contributed by atoms with Crippen LogP contribution in [0.4, 0.5) is 0 Å². The van der Waals surface area contributed by atoms with Gasteiger partial charge in [-0.05, 0) is 122 Å². The summed E-state index contributed by atoms with van der Waals surface area (Å²) in [5.41, 5.74) is 0. The lowest BCUT2D eigenvalue weighted by Gasteiger charge is -2.18. The van der Waals surface area contributed by atoms with E-state index in [-0.39, 0.29) is 37.5 Å². The van der Waals surface area contributed by atoms with E-state index >= 15 is 0 Å². The van der Waals surface area contributed by atoms with Crippen LogP contribution < -0.4 is 0 Å². The monoisotopic (exact) mass is 961 g/mol. The van der Waals surface area contributed by atoms with E-state index in [0.29, 0.717) is 19.3 Å². The highest BCUT2D eigenvalue weighted by molar-refractivity contribution is 5.71. The van der Waals surface area contributed by atoms with Gasteiger partial charge in [0.2, 0.25) is 0 Å². The minimum Gasteiger partial charge on any atom is -0.462 e. The second-order valence-electron chi connectivity index (χ2n) is 19.2. The van der Waals surface area contributed by atoms with E-state index in [2.05, 4.69) is 106 Å². The number of carbonyl (C=O) groups is 3. The molecule has 0 heterocycles. The van der Waals surface area contributed by atoms with Gasteiger partial charge < -0.3 is 14.2 Å². The van der Waals surface area contributed by atoms with E-state index in [9.17, 15) is 14.4 Å². The molecule has 0 bridgehead atoms. The van der Waals surface area contributed by atoms with Gasteiger partial charge in [0.15, 0.2) is 6.10 Å². The molecule has 69 heavy (non-hydrogen) atoms. The first-order valence-corrected chi connectivity index (χ1v) is 29.1. The van der Waals surface area contributed by atoms with Crippen LogP contribution in [0.15, 0.2) is 85.1 Å². The van der Waals surface area contributed by atoms with Crippen LogP contribution in [0.25, 0.3) is 0 Å². The van der Waals surface area contributed by atoms with Gasteiger partial charge in [0, 0.05) is 19.3 Å². The number of unbranched alkanes of at least 4 members (excludes halogenated alkanes) is 27. The molecule has 1 atom stereocenters. The SMILES string of the molecule is CCCCC/C=C\C/C=C\C/C=C\CCCCC(=O)O[C@@H](COC(=O)CCCCCCCCC/C=C\C/C=C\CCCCC)COC(=O)CCCCCCCCCCC/C=C\C/C=C\CCCCC. The molecule has 0 amide bonds. The summed E-state index contributed by atoms with van der Waals surface area (Å²) in [5.74, 6) is -0.941. The number of hydrogen-bond acceptors (Lipinski definition) is 6. The van der Waals surface area contributed by atoms with Crippen molar-refractivity contribution >= 4 is 17.9 Å². The lowest BCUT2D eigenvalue weighted by Crippen LogP contribution is -2.30. The molecular formula is C63H108O6. The van der Waals surface area contributed by atoms with Crippen LogP contribution in [0.2, 0.25) is 0 Å². The lowest BCUT2D eigenvalue weighted by molar-refractivity contribution is -0.167. The molecule has 0 aliphatic carbocycles. The third-order valence-electron chi connectivity index (χ3n) is 12.3. The molecule has 0 spiro atoms. The van der Waals surface area contributed by atoms with Crippen molar-refractivity contribution in [3.05, 3.63) is 85.1 Å². The fourth-order valence-electron chi connectivity index (χ4n) is 7.92. The molecule has 0 aromatic rings. The fraction of sp³-hybridized carbons (Fsp3) is 0.730. The second kappa shape index (κ2) is 57.2. The van der Waals surface area contributed by atoms with Crippen molar-refractivity contribution in [1.29, 1.82) is 0 Å². The summed E-state index contributed by atoms with van der Waals surface area (Å²) in [7, 11) is 0. The first kappa shape index (κ1) is 65.6. The molecule has 0 saturated carbocycles. The van der Waals surface area contributed by atoms with E-state index in [1.165, 1.54) is 148 Å². The number of esters is 3. The summed E-state index contributed by atoms with van der Waals surface area (Å²) in [6.07, 6.45) is 74.2. The van der Waals surface area contributed by atoms with Gasteiger partial charge in [0.05, 0.1) is 0 Å². The molecule has 0 radical (unpaired) electrons. The summed E-state index contributed by atoms with van der Waals surface area (Å²) >= 11 is 0. The molecule has 396 valence electrons. The van der Waals surface area contributed by atoms with E-state index in [1.54, 1.807) is 0 Å². The van der Waals surface area contributed by atoms with Gasteiger partial charge in [-0.3, -0.25) is 14.4 Å². The normalized spacial score (nSPS) is 12.7. The first-order chi connectivity index (χ1) is 34.0. The Bertz CT molecular complexity index is 1330. The van der Waals surface area contributed by atoms with Crippen LogP contribution in [-0.4, -0.2) is 37.2 Å². The van der Waals surface area contributed by atoms with E-state index < -0.39 is 6.10 Å². The average molecular weight is 962 g/mol. The van der Waals surface area contributed by atoms with Gasteiger partial charge >= 0.3 is 17.9 Å². The summed E-state index contributed by atoms with van der Waals surface area (Å²) in [5, 5.41) is 0. The van der Waals surface area contributed by atoms with Gasteiger partial charge in [-0.25, -0.2) is 0 Å². The molecule has 0 fully saturated rings. The molecule has 0 aliphatic rings. The van der Waals surface area contributed by atoms with Crippen molar-refractivity contribution in [2.24, 2.45) is 0 Å². The molecule has 0 saturated heterocycles. The maximum atomic E-state index is 12.8. The Kier molecular flexibility index (Phi) is 54.3. The topological polar surface area (TPSA) is 78.9 Å². The Hall–Kier alpha value is -3.41. The maximum absolute atomic E-state index is 12.8. The predicted octanol–water partition coefficient (Wildman–Crippen LogP) is 19.5. The summed E-state index contributed by atoms with van der Waals surface area (Å²) in [6.45, 7) is 6.53. The average Bonchev–Trinajstić information content (AvgIpc) is 3.35. The van der Waals surface area contributed by atoms with E-state index in [0.717, 1.165) is 83.5 Å². The molecular weight excluding hydrogens is 853 g/mol. The Morgan fingerprint density at radius 3 is 0.841 bits per heavy atom. The van der Waals surface area contributed by atoms with Crippen molar-refractivity contribution in [3.8, 4) is 0 Å². The van der Waals surface area contributed by atoms with Crippen molar-refractivity contribution in [2.45, 2.75) is 284 Å². The Morgan fingerprint density at radius 1 is 0.290 bits per heavy atom. The van der Waals surface area contributed by atoms with Crippen LogP contribution in [0.1, 0.15) is 278 Å². The molecule has 0 aromatic carbocycles. The molecule has 0 aliphatic heterocycles. The zero-order chi connectivity index (χ0) is 50.0. The number of allylic oxidation sites excluding steroid dienone is 14. The Morgan fingerprint density at radius 2 is 0.522 bits per heavy atom. The molecule has 0 rings (SSSR count). The number of rotatable bonds is 52. The van der Waals surface area contributed by atoms with Crippen LogP contribution in [0.5, 0.6) is 0 Å². The standard InChI is InChI=1S/C63H108O6/c1-4-7-10-13-16-19-22-25-28-30-31-33-36-38-41-44-47-50-53-56-62(65)68-59-60(69-63(66)57-54-51-48-45-42-39-34-27-24-21-18-15-12-9-6-3)58-67-61(64)55-52-49-46-43-40-37-35-32-29-26-23-20-17-14-11-8-5-2/h16-21,25-29,34,42,45,60H,4-15,22-24,30-33,35-41,43-44,46-59H2,1-3H3/b19-16-,20-17-,21-18-,28-25-,29-26-,34-27-,45-42-/t60-/m0/s1. The predicted molar refractivity (Wildman–Crippen MR) is 297 cm³/mol. The second-order valence-corrected chi connectivity index (χ2v) is 19.2. The maximum Gasteiger partial charge on any atom is 0.306 e. The van der Waals surface area contributed by atoms with E-state index in [4.69, 9.17) is 14.2 Å². The third kappa shape index (κ3) is 55.4. The van der Waals surface area contributed by atoms with Crippen LogP contribution in [0.3, 0.4) is 0 Å². The molecule has 0 aromatic heterocycles. The largest absolute Gasteiger partial charge is 0.462 e. The molecule has 0 N–H and O–H groups in total. The third-order valence-corrected chi connectivity index (χ3v) is 12.3. The van der Waals surface area contributed by atoms with Crippen LogP contribution in [0, 0.1) is 0 Å². The minimum atomic E-state index is -0.802. The number of carbonyl (C=O) groups excluding carboxylic acids is 3. The van der Waals surface area contributed by atoms with Crippen molar-refractivity contribution in [2.75, 3.05) is 13.2 Å². The summed E-state index contributed by atoms with van der Waals surface area (Å²) < 4.78 is 16.8. The quantitative estimate of drug-likeness (QED) is 0.0262. The Labute approximate surface area is 426 Å². The minimum absolute atomic E-state index is 0.0965.